The monoisotopic (exact) mass is 465 g/mol. The Morgan fingerprint density at radius 1 is 1.39 bits per heavy atom. The zero-order valence-electron chi connectivity index (χ0n) is 14.6. The van der Waals surface area contributed by atoms with Crippen LogP contribution in [0.4, 0.5) is 24.5 Å². The van der Waals surface area contributed by atoms with Gasteiger partial charge >= 0.3 is 12.1 Å². The molecule has 154 valence electrons. The molecule has 1 aromatic carbocycles. The summed E-state index contributed by atoms with van der Waals surface area (Å²) in [4.78, 5) is 25.9. The molecule has 1 atom stereocenters. The number of aliphatic hydroxyl groups excluding tert-OH is 1. The number of aromatic nitrogens is 1. The molecule has 0 amide bonds. The Hall–Kier alpha value is -2.27. The average Bonchev–Trinajstić information content (AvgIpc) is 2.63. The first-order valence-corrected chi connectivity index (χ1v) is 9.10. The van der Waals surface area contributed by atoms with E-state index in [-0.39, 0.29) is 23.8 Å². The third kappa shape index (κ3) is 5.16. The van der Waals surface area contributed by atoms with Crippen LogP contribution in [0.15, 0.2) is 27.5 Å². The molecule has 0 aliphatic carbocycles. The van der Waals surface area contributed by atoms with Crippen LogP contribution in [-0.4, -0.2) is 47.0 Å². The number of halogens is 4. The number of aliphatic carboxylic acids is 1. The van der Waals surface area contributed by atoms with Crippen molar-refractivity contribution in [1.82, 2.24) is 4.98 Å². The minimum atomic E-state index is -5.08. The SMILES string of the molecule is Nc1c(N2CCCC(CO)C2)c2cc(Br)ccc2[nH]c1=O.O=C(O)C(F)(F)F. The van der Waals surface area contributed by atoms with E-state index in [1.807, 2.05) is 18.2 Å². The van der Waals surface area contributed by atoms with Crippen LogP contribution < -0.4 is 16.2 Å². The van der Waals surface area contributed by atoms with Gasteiger partial charge in [0, 0.05) is 29.6 Å². The number of benzene rings is 1. The third-order valence-electron chi connectivity index (χ3n) is 4.32. The molecule has 1 aliphatic rings. The summed E-state index contributed by atoms with van der Waals surface area (Å²) in [5.74, 6) is -2.52. The van der Waals surface area contributed by atoms with E-state index in [2.05, 4.69) is 25.8 Å². The highest BCUT2D eigenvalue weighted by Gasteiger charge is 2.38. The molecule has 5 N–H and O–H groups in total. The number of nitrogens with zero attached hydrogens (tertiary/aromatic N) is 1. The van der Waals surface area contributed by atoms with Crippen LogP contribution >= 0.6 is 15.9 Å². The van der Waals surface area contributed by atoms with E-state index in [0.29, 0.717) is 0 Å². The lowest BCUT2D eigenvalue weighted by molar-refractivity contribution is -0.192. The van der Waals surface area contributed by atoms with Crippen LogP contribution in [0.25, 0.3) is 10.9 Å². The normalized spacial score (nSPS) is 17.2. The summed E-state index contributed by atoms with van der Waals surface area (Å²) in [5.41, 5.74) is 7.61. The molecular weight excluding hydrogens is 447 g/mol. The lowest BCUT2D eigenvalue weighted by Gasteiger charge is -2.34. The van der Waals surface area contributed by atoms with Gasteiger partial charge in [-0.3, -0.25) is 4.79 Å². The summed E-state index contributed by atoms with van der Waals surface area (Å²) >= 11 is 3.47. The molecule has 1 fully saturated rings. The molecule has 7 nitrogen and oxygen atoms in total. The minimum Gasteiger partial charge on any atom is -0.475 e. The van der Waals surface area contributed by atoms with Gasteiger partial charge in [0.05, 0.1) is 11.2 Å². The molecule has 0 radical (unpaired) electrons. The molecular formula is C17H19BrF3N3O4. The Kier molecular flexibility index (Phi) is 6.94. The Bertz CT molecular complexity index is 917. The van der Waals surface area contributed by atoms with Gasteiger partial charge in [0.2, 0.25) is 0 Å². The molecule has 2 aromatic rings. The summed E-state index contributed by atoms with van der Waals surface area (Å²) in [6.45, 7) is 1.75. The number of carboxylic acid groups (broad SMARTS) is 1. The Balaban J connectivity index is 0.000000345. The molecule has 28 heavy (non-hydrogen) atoms. The highest BCUT2D eigenvalue weighted by atomic mass is 79.9. The average molecular weight is 466 g/mol. The number of nitrogens with one attached hydrogen (secondary N) is 1. The van der Waals surface area contributed by atoms with E-state index < -0.39 is 12.1 Å². The van der Waals surface area contributed by atoms with E-state index in [4.69, 9.17) is 15.6 Å². The van der Waals surface area contributed by atoms with Crippen molar-refractivity contribution in [2.45, 2.75) is 19.0 Å². The number of H-pyrrole nitrogens is 1. The van der Waals surface area contributed by atoms with E-state index in [9.17, 15) is 23.1 Å². The van der Waals surface area contributed by atoms with E-state index in [0.717, 1.165) is 47.0 Å². The van der Waals surface area contributed by atoms with Crippen molar-refractivity contribution in [2.24, 2.45) is 5.92 Å². The molecule has 1 aromatic heterocycles. The number of nitrogens with two attached hydrogens (primary N) is 1. The van der Waals surface area contributed by atoms with Crippen LogP contribution in [-0.2, 0) is 4.79 Å². The number of rotatable bonds is 2. The summed E-state index contributed by atoms with van der Waals surface area (Å²) in [6.07, 6.45) is -3.08. The molecule has 0 saturated carbocycles. The number of pyridine rings is 1. The van der Waals surface area contributed by atoms with Crippen molar-refractivity contribution < 1.29 is 28.2 Å². The van der Waals surface area contributed by atoms with Gasteiger partial charge in [0.15, 0.2) is 0 Å². The van der Waals surface area contributed by atoms with Gasteiger partial charge in [0.25, 0.3) is 5.56 Å². The van der Waals surface area contributed by atoms with Crippen LogP contribution in [0.5, 0.6) is 0 Å². The predicted octanol–water partition coefficient (Wildman–Crippen LogP) is 2.71. The quantitative estimate of drug-likeness (QED) is 0.541. The smallest absolute Gasteiger partial charge is 0.475 e. The largest absolute Gasteiger partial charge is 0.490 e. The van der Waals surface area contributed by atoms with Crippen molar-refractivity contribution in [3.63, 3.8) is 0 Å². The number of aliphatic hydroxyl groups is 1. The van der Waals surface area contributed by atoms with Gasteiger partial charge in [-0.25, -0.2) is 4.79 Å². The van der Waals surface area contributed by atoms with Gasteiger partial charge in [-0.2, -0.15) is 13.2 Å². The van der Waals surface area contributed by atoms with E-state index in [1.54, 1.807) is 0 Å². The molecule has 0 bridgehead atoms. The van der Waals surface area contributed by atoms with Crippen molar-refractivity contribution in [2.75, 3.05) is 30.3 Å². The molecule has 0 spiro atoms. The second-order valence-corrected chi connectivity index (χ2v) is 7.26. The summed E-state index contributed by atoms with van der Waals surface area (Å²) in [5, 5.41) is 17.5. The van der Waals surface area contributed by atoms with Crippen molar-refractivity contribution in [3.8, 4) is 0 Å². The fourth-order valence-electron chi connectivity index (χ4n) is 3.02. The highest BCUT2D eigenvalue weighted by molar-refractivity contribution is 9.10. The van der Waals surface area contributed by atoms with Crippen molar-refractivity contribution in [1.29, 1.82) is 0 Å². The molecule has 3 rings (SSSR count). The number of nitrogen functional groups attached to an aromatic ring is 1. The number of piperidine rings is 1. The Labute approximate surface area is 166 Å². The molecule has 2 heterocycles. The number of fused-ring (bicyclic) bond motifs is 1. The minimum absolute atomic E-state index is 0.168. The van der Waals surface area contributed by atoms with Gasteiger partial charge in [0.1, 0.15) is 5.69 Å². The first kappa shape index (κ1) is 22.0. The number of aromatic amines is 1. The summed E-state index contributed by atoms with van der Waals surface area (Å²) in [7, 11) is 0. The topological polar surface area (TPSA) is 120 Å². The molecule has 1 saturated heterocycles. The number of hydrogen-bond acceptors (Lipinski definition) is 5. The van der Waals surface area contributed by atoms with Crippen LogP contribution in [0.1, 0.15) is 12.8 Å². The Morgan fingerprint density at radius 3 is 2.61 bits per heavy atom. The lowest BCUT2D eigenvalue weighted by atomic mass is 9.97. The van der Waals surface area contributed by atoms with Crippen LogP contribution in [0, 0.1) is 5.92 Å². The maximum atomic E-state index is 12.1. The predicted molar refractivity (Wildman–Crippen MR) is 102 cm³/mol. The van der Waals surface area contributed by atoms with Crippen LogP contribution in [0.3, 0.4) is 0 Å². The third-order valence-corrected chi connectivity index (χ3v) is 4.81. The number of anilines is 2. The fraction of sp³-hybridized carbons (Fsp3) is 0.412. The maximum Gasteiger partial charge on any atom is 0.490 e. The first-order chi connectivity index (χ1) is 13.0. The van der Waals surface area contributed by atoms with E-state index >= 15 is 0 Å². The van der Waals surface area contributed by atoms with Gasteiger partial charge in [-0.05, 0) is 37.0 Å². The second-order valence-electron chi connectivity index (χ2n) is 6.35. The highest BCUT2D eigenvalue weighted by Crippen LogP contribution is 2.33. The van der Waals surface area contributed by atoms with Crippen molar-refractivity contribution >= 4 is 44.2 Å². The number of hydrogen-bond donors (Lipinski definition) is 4. The van der Waals surface area contributed by atoms with Crippen LogP contribution in [0.2, 0.25) is 0 Å². The number of carboxylic acids is 1. The standard InChI is InChI=1S/C15H18BrN3O2.C2HF3O2/c16-10-3-4-12-11(6-10)14(13(17)15(21)18-12)19-5-1-2-9(7-19)8-20;3-2(4,5)1(6)7/h3-4,6,9,20H,1-2,5,7-8,17H2,(H,18,21);(H,6,7). The zero-order valence-corrected chi connectivity index (χ0v) is 16.2. The van der Waals surface area contributed by atoms with Crippen molar-refractivity contribution in [3.05, 3.63) is 33.0 Å². The summed E-state index contributed by atoms with van der Waals surface area (Å²) in [6, 6.07) is 5.74. The Morgan fingerprint density at radius 2 is 2.04 bits per heavy atom. The maximum absolute atomic E-state index is 12.1. The number of alkyl halides is 3. The summed E-state index contributed by atoms with van der Waals surface area (Å²) < 4.78 is 32.7. The van der Waals surface area contributed by atoms with E-state index in [1.165, 1.54) is 0 Å². The van der Waals surface area contributed by atoms with Gasteiger partial charge in [-0.15, -0.1) is 0 Å². The molecule has 1 unspecified atom stereocenters. The first-order valence-electron chi connectivity index (χ1n) is 8.31. The van der Waals surface area contributed by atoms with Gasteiger partial charge < -0.3 is 25.8 Å². The molecule has 11 heteroatoms. The molecule has 1 aliphatic heterocycles. The second kappa shape index (κ2) is 8.82. The number of carbonyl (C=O) groups is 1. The van der Waals surface area contributed by atoms with Gasteiger partial charge in [-0.1, -0.05) is 15.9 Å². The fourth-order valence-corrected chi connectivity index (χ4v) is 3.38. The lowest BCUT2D eigenvalue weighted by Crippen LogP contribution is -2.38. The zero-order chi connectivity index (χ0) is 21.1.